The topological polar surface area (TPSA) is 43.8 Å². The van der Waals surface area contributed by atoms with Gasteiger partial charge in [-0.2, -0.15) is 5.10 Å². The van der Waals surface area contributed by atoms with Gasteiger partial charge in [-0.3, -0.25) is 4.68 Å². The Morgan fingerprint density at radius 1 is 1.71 bits per heavy atom. The van der Waals surface area contributed by atoms with Crippen molar-refractivity contribution in [3.63, 3.8) is 0 Å². The van der Waals surface area contributed by atoms with Gasteiger partial charge in [0.15, 0.2) is 0 Å². The highest BCUT2D eigenvalue weighted by atomic mass is 15.3. The van der Waals surface area contributed by atoms with Gasteiger partial charge in [0.2, 0.25) is 0 Å². The average molecular weight is 193 g/mol. The van der Waals surface area contributed by atoms with Crippen molar-refractivity contribution in [1.82, 2.24) is 9.78 Å². The Morgan fingerprint density at radius 3 is 2.86 bits per heavy atom. The van der Waals surface area contributed by atoms with Crippen LogP contribution in [0.15, 0.2) is 18.2 Å². The largest absolute Gasteiger partial charge is 0.322 e. The molecule has 0 aromatic carbocycles. The van der Waals surface area contributed by atoms with Crippen LogP contribution in [0.2, 0.25) is 0 Å². The molecule has 0 amide bonds. The molecule has 0 spiro atoms. The van der Waals surface area contributed by atoms with E-state index in [-0.39, 0.29) is 6.04 Å². The number of aryl methyl sites for hydroxylation is 2. The fourth-order valence-electron chi connectivity index (χ4n) is 1.60. The third-order valence-corrected chi connectivity index (χ3v) is 2.18. The highest BCUT2D eigenvalue weighted by Crippen LogP contribution is 2.18. The van der Waals surface area contributed by atoms with Crippen molar-refractivity contribution < 1.29 is 0 Å². The van der Waals surface area contributed by atoms with E-state index in [1.807, 2.05) is 18.5 Å². The van der Waals surface area contributed by atoms with Gasteiger partial charge in [-0.05, 0) is 33.3 Å². The fraction of sp³-hybridized carbons (Fsp3) is 0.545. The van der Waals surface area contributed by atoms with E-state index in [1.54, 1.807) is 0 Å². The highest BCUT2D eigenvalue weighted by Gasteiger charge is 2.12. The van der Waals surface area contributed by atoms with Crippen LogP contribution < -0.4 is 5.73 Å². The number of rotatable bonds is 4. The second kappa shape index (κ2) is 4.42. The van der Waals surface area contributed by atoms with Gasteiger partial charge in [0, 0.05) is 6.54 Å². The lowest BCUT2D eigenvalue weighted by Crippen LogP contribution is -2.16. The van der Waals surface area contributed by atoms with E-state index in [0.29, 0.717) is 0 Å². The maximum atomic E-state index is 6.06. The van der Waals surface area contributed by atoms with E-state index in [9.17, 15) is 0 Å². The Morgan fingerprint density at radius 2 is 2.36 bits per heavy atom. The van der Waals surface area contributed by atoms with E-state index in [0.717, 1.165) is 29.9 Å². The van der Waals surface area contributed by atoms with Gasteiger partial charge in [0.05, 0.1) is 17.4 Å². The first-order valence-electron chi connectivity index (χ1n) is 4.99. The van der Waals surface area contributed by atoms with E-state index in [1.165, 1.54) is 0 Å². The van der Waals surface area contributed by atoms with E-state index in [4.69, 9.17) is 5.73 Å². The van der Waals surface area contributed by atoms with Crippen LogP contribution in [0.4, 0.5) is 0 Å². The van der Waals surface area contributed by atoms with Gasteiger partial charge in [-0.15, -0.1) is 6.58 Å². The molecule has 14 heavy (non-hydrogen) atoms. The van der Waals surface area contributed by atoms with Crippen molar-refractivity contribution in [1.29, 1.82) is 0 Å². The van der Waals surface area contributed by atoms with Crippen molar-refractivity contribution in [3.8, 4) is 0 Å². The monoisotopic (exact) mass is 193 g/mol. The first kappa shape index (κ1) is 11.0. The Kier molecular flexibility index (Phi) is 3.47. The van der Waals surface area contributed by atoms with E-state index >= 15 is 0 Å². The predicted octanol–water partition coefficient (Wildman–Crippen LogP) is 2.18. The summed E-state index contributed by atoms with van der Waals surface area (Å²) in [6.45, 7) is 10.8. The molecule has 1 heterocycles. The molecule has 1 aromatic heterocycles. The molecule has 0 aliphatic carbocycles. The zero-order chi connectivity index (χ0) is 10.7. The van der Waals surface area contributed by atoms with Crippen molar-refractivity contribution in [2.75, 3.05) is 0 Å². The van der Waals surface area contributed by atoms with E-state index < -0.39 is 0 Å². The molecule has 1 rings (SSSR count). The number of aromatic nitrogens is 2. The summed E-state index contributed by atoms with van der Waals surface area (Å²) in [5.74, 6) is 0. The molecule has 1 atom stereocenters. The number of hydrogen-bond acceptors (Lipinski definition) is 2. The predicted molar refractivity (Wildman–Crippen MR) is 59.0 cm³/mol. The summed E-state index contributed by atoms with van der Waals surface area (Å²) < 4.78 is 1.96. The Bertz CT molecular complexity index is 325. The standard InChI is InChI=1S/C11H19N3/c1-5-14-11(7-9(4)13-14)10(12)6-8(2)3/h7,10H,2,5-6,12H2,1,3-4H3. The molecule has 1 unspecified atom stereocenters. The summed E-state index contributed by atoms with van der Waals surface area (Å²) >= 11 is 0. The van der Waals surface area contributed by atoms with E-state index in [2.05, 4.69) is 24.7 Å². The van der Waals surface area contributed by atoms with Gasteiger partial charge in [-0.25, -0.2) is 0 Å². The average Bonchev–Trinajstić information content (AvgIpc) is 2.45. The minimum absolute atomic E-state index is 0.0219. The minimum Gasteiger partial charge on any atom is -0.322 e. The highest BCUT2D eigenvalue weighted by molar-refractivity contribution is 5.15. The second-order valence-corrected chi connectivity index (χ2v) is 3.79. The Labute approximate surface area is 85.6 Å². The van der Waals surface area contributed by atoms with Crippen molar-refractivity contribution in [3.05, 3.63) is 29.6 Å². The molecule has 0 radical (unpaired) electrons. The lowest BCUT2D eigenvalue weighted by molar-refractivity contribution is 0.565. The summed E-state index contributed by atoms with van der Waals surface area (Å²) in [5, 5.41) is 4.36. The third kappa shape index (κ3) is 2.45. The van der Waals surface area contributed by atoms with Gasteiger partial charge < -0.3 is 5.73 Å². The second-order valence-electron chi connectivity index (χ2n) is 3.79. The molecule has 0 saturated carbocycles. The number of hydrogen-bond donors (Lipinski definition) is 1. The molecule has 0 aliphatic rings. The maximum Gasteiger partial charge on any atom is 0.0597 e. The first-order valence-corrected chi connectivity index (χ1v) is 4.99. The first-order chi connectivity index (χ1) is 6.54. The molecule has 0 fully saturated rings. The SMILES string of the molecule is C=C(C)CC(N)c1cc(C)nn1CC. The molecule has 3 nitrogen and oxygen atoms in total. The minimum atomic E-state index is 0.0219. The molecule has 1 aromatic rings. The van der Waals surface area contributed by atoms with Crippen LogP contribution in [0.25, 0.3) is 0 Å². The fourth-order valence-corrected chi connectivity index (χ4v) is 1.60. The van der Waals surface area contributed by atoms with Crippen molar-refractivity contribution in [2.45, 2.75) is 39.8 Å². The maximum absolute atomic E-state index is 6.06. The summed E-state index contributed by atoms with van der Waals surface area (Å²) in [6, 6.07) is 2.07. The normalized spacial score (nSPS) is 12.9. The molecular weight excluding hydrogens is 174 g/mol. The summed E-state index contributed by atoms with van der Waals surface area (Å²) in [6.07, 6.45) is 0.825. The molecule has 0 saturated heterocycles. The molecule has 2 N–H and O–H groups in total. The van der Waals surface area contributed by atoms with Crippen LogP contribution in [-0.2, 0) is 6.54 Å². The number of nitrogens with two attached hydrogens (primary N) is 1. The summed E-state index contributed by atoms with van der Waals surface area (Å²) in [5.41, 5.74) is 9.31. The van der Waals surface area contributed by atoms with Gasteiger partial charge in [0.25, 0.3) is 0 Å². The summed E-state index contributed by atoms with van der Waals surface area (Å²) in [4.78, 5) is 0. The van der Waals surface area contributed by atoms with Crippen LogP contribution >= 0.6 is 0 Å². The zero-order valence-corrected chi connectivity index (χ0v) is 9.25. The molecular formula is C11H19N3. The Hall–Kier alpha value is -1.09. The van der Waals surface area contributed by atoms with Crippen LogP contribution in [0.3, 0.4) is 0 Å². The smallest absolute Gasteiger partial charge is 0.0597 e. The Balaban J connectivity index is 2.87. The van der Waals surface area contributed by atoms with Gasteiger partial charge in [-0.1, -0.05) is 5.57 Å². The van der Waals surface area contributed by atoms with Gasteiger partial charge in [0.1, 0.15) is 0 Å². The number of nitrogens with zero attached hydrogens (tertiary/aromatic N) is 2. The van der Waals surface area contributed by atoms with Gasteiger partial charge >= 0.3 is 0 Å². The van der Waals surface area contributed by atoms with Crippen molar-refractivity contribution >= 4 is 0 Å². The van der Waals surface area contributed by atoms with Crippen LogP contribution in [0.5, 0.6) is 0 Å². The third-order valence-electron chi connectivity index (χ3n) is 2.18. The lowest BCUT2D eigenvalue weighted by Gasteiger charge is -2.12. The lowest BCUT2D eigenvalue weighted by atomic mass is 10.1. The molecule has 0 aliphatic heterocycles. The molecule has 0 bridgehead atoms. The quantitative estimate of drug-likeness (QED) is 0.745. The van der Waals surface area contributed by atoms with Crippen molar-refractivity contribution in [2.24, 2.45) is 5.73 Å². The summed E-state index contributed by atoms with van der Waals surface area (Å²) in [7, 11) is 0. The molecule has 3 heteroatoms. The van der Waals surface area contributed by atoms with Crippen LogP contribution in [0.1, 0.15) is 37.7 Å². The molecule has 78 valence electrons. The van der Waals surface area contributed by atoms with Crippen LogP contribution in [0, 0.1) is 6.92 Å². The zero-order valence-electron chi connectivity index (χ0n) is 9.25. The van der Waals surface area contributed by atoms with Crippen LogP contribution in [-0.4, -0.2) is 9.78 Å².